The maximum absolute atomic E-state index is 12.4. The summed E-state index contributed by atoms with van der Waals surface area (Å²) in [7, 11) is -0.676. The van der Waals surface area contributed by atoms with Crippen LogP contribution in [-0.2, 0) is 14.8 Å². The molecule has 2 aromatic carbocycles. The van der Waals surface area contributed by atoms with Gasteiger partial charge in [-0.2, -0.15) is 0 Å². The Kier molecular flexibility index (Phi) is 6.45. The van der Waals surface area contributed by atoms with Crippen molar-refractivity contribution in [1.82, 2.24) is 0 Å². The van der Waals surface area contributed by atoms with Crippen molar-refractivity contribution in [2.45, 2.75) is 6.92 Å². The summed E-state index contributed by atoms with van der Waals surface area (Å²) in [6.45, 7) is 1.56. The average Bonchev–Trinajstić information content (AvgIpc) is 2.68. The number of carbonyl (C=O) groups is 2. The molecule has 0 aromatic heterocycles. The lowest BCUT2D eigenvalue weighted by molar-refractivity contribution is 0.0600. The Morgan fingerprint density at radius 1 is 1.11 bits per heavy atom. The molecule has 2 aromatic rings. The van der Waals surface area contributed by atoms with Gasteiger partial charge in [-0.15, -0.1) is 0 Å². The molecule has 27 heavy (non-hydrogen) atoms. The highest BCUT2D eigenvalue weighted by molar-refractivity contribution is 7.92. The van der Waals surface area contributed by atoms with Crippen molar-refractivity contribution in [3.05, 3.63) is 58.6 Å². The molecule has 0 radical (unpaired) electrons. The Morgan fingerprint density at radius 2 is 1.70 bits per heavy atom. The summed E-state index contributed by atoms with van der Waals surface area (Å²) >= 11 is 6.07. The fourth-order valence-electron chi connectivity index (χ4n) is 2.24. The van der Waals surface area contributed by atoms with E-state index in [1.54, 1.807) is 6.92 Å². The number of nitrogens with zero attached hydrogens (tertiary/aromatic N) is 1. The molecule has 0 heterocycles. The number of nitrogens with one attached hydrogen (secondary N) is 1. The molecule has 0 aliphatic carbocycles. The number of rotatable bonds is 6. The van der Waals surface area contributed by atoms with Crippen LogP contribution in [0.25, 0.3) is 0 Å². The first kappa shape index (κ1) is 20.7. The number of esters is 1. The molecule has 0 saturated carbocycles. The van der Waals surface area contributed by atoms with E-state index in [0.29, 0.717) is 11.3 Å². The largest absolute Gasteiger partial charge is 0.465 e. The lowest BCUT2D eigenvalue weighted by Gasteiger charge is -2.18. The maximum Gasteiger partial charge on any atom is 0.337 e. The molecule has 1 amide bonds. The minimum Gasteiger partial charge on any atom is -0.465 e. The zero-order chi connectivity index (χ0) is 20.2. The summed E-state index contributed by atoms with van der Waals surface area (Å²) in [5.74, 6) is -1.03. The molecular formula is C18H19ClN2O5S. The van der Waals surface area contributed by atoms with E-state index in [0.717, 1.165) is 4.31 Å². The lowest BCUT2D eigenvalue weighted by Crippen LogP contribution is -2.28. The Bertz CT molecular complexity index is 958. The van der Waals surface area contributed by atoms with Crippen LogP contribution in [0.5, 0.6) is 0 Å². The molecule has 7 nitrogen and oxygen atoms in total. The SMILES string of the molecule is CCS(=O)(=O)N(C)c1ccc(C(=O)Nc2cc(C(=O)OC)ccc2Cl)cc1. The van der Waals surface area contributed by atoms with E-state index in [4.69, 9.17) is 11.6 Å². The van der Waals surface area contributed by atoms with Crippen LogP contribution in [0, 0.1) is 0 Å². The fourth-order valence-corrected chi connectivity index (χ4v) is 3.23. The summed E-state index contributed by atoms with van der Waals surface area (Å²) in [5, 5.41) is 2.89. The van der Waals surface area contributed by atoms with Gasteiger partial charge in [-0.05, 0) is 49.4 Å². The summed E-state index contributed by atoms with van der Waals surface area (Å²) in [6, 6.07) is 10.5. The number of carbonyl (C=O) groups excluding carboxylic acids is 2. The van der Waals surface area contributed by atoms with E-state index in [1.807, 2.05) is 0 Å². The van der Waals surface area contributed by atoms with Gasteiger partial charge in [0.1, 0.15) is 0 Å². The number of ether oxygens (including phenoxy) is 1. The van der Waals surface area contributed by atoms with E-state index < -0.39 is 21.9 Å². The van der Waals surface area contributed by atoms with Crippen LogP contribution in [0.3, 0.4) is 0 Å². The molecule has 9 heteroatoms. The number of methoxy groups -OCH3 is 1. The Labute approximate surface area is 162 Å². The number of benzene rings is 2. The van der Waals surface area contributed by atoms with Gasteiger partial charge < -0.3 is 10.1 Å². The molecular weight excluding hydrogens is 392 g/mol. The fraction of sp³-hybridized carbons (Fsp3) is 0.222. The van der Waals surface area contributed by atoms with Gasteiger partial charge in [-0.25, -0.2) is 13.2 Å². The number of sulfonamides is 1. The van der Waals surface area contributed by atoms with Crippen LogP contribution in [0.15, 0.2) is 42.5 Å². The van der Waals surface area contributed by atoms with Gasteiger partial charge in [0.05, 0.1) is 34.8 Å². The van der Waals surface area contributed by atoms with Gasteiger partial charge in [0, 0.05) is 12.6 Å². The predicted molar refractivity (Wildman–Crippen MR) is 105 cm³/mol. The van der Waals surface area contributed by atoms with E-state index in [-0.39, 0.29) is 22.0 Å². The van der Waals surface area contributed by atoms with Crippen LogP contribution >= 0.6 is 11.6 Å². The predicted octanol–water partition coefficient (Wildman–Crippen LogP) is 3.16. The quantitative estimate of drug-likeness (QED) is 0.738. The van der Waals surface area contributed by atoms with Crippen molar-refractivity contribution < 1.29 is 22.7 Å². The molecule has 1 N–H and O–H groups in total. The molecule has 0 fully saturated rings. The van der Waals surface area contributed by atoms with Crippen LogP contribution < -0.4 is 9.62 Å². The number of anilines is 2. The smallest absolute Gasteiger partial charge is 0.337 e. The molecule has 0 saturated heterocycles. The average molecular weight is 411 g/mol. The third kappa shape index (κ3) is 4.78. The van der Waals surface area contributed by atoms with Gasteiger partial charge in [0.15, 0.2) is 0 Å². The maximum atomic E-state index is 12.4. The van der Waals surface area contributed by atoms with Crippen molar-refractivity contribution in [3.8, 4) is 0 Å². The lowest BCUT2D eigenvalue weighted by atomic mass is 10.1. The number of halogens is 1. The zero-order valence-corrected chi connectivity index (χ0v) is 16.6. The monoisotopic (exact) mass is 410 g/mol. The van der Waals surface area contributed by atoms with Gasteiger partial charge >= 0.3 is 5.97 Å². The van der Waals surface area contributed by atoms with Crippen molar-refractivity contribution in [1.29, 1.82) is 0 Å². The summed E-state index contributed by atoms with van der Waals surface area (Å²) in [5.41, 5.74) is 1.26. The number of amides is 1. The second-order valence-corrected chi connectivity index (χ2v) is 8.25. The van der Waals surface area contributed by atoms with Gasteiger partial charge in [0.25, 0.3) is 5.91 Å². The normalized spacial score (nSPS) is 11.0. The van der Waals surface area contributed by atoms with Gasteiger partial charge in [0.2, 0.25) is 10.0 Å². The molecule has 0 aliphatic rings. The van der Waals surface area contributed by atoms with Gasteiger partial charge in [-0.1, -0.05) is 11.6 Å². The third-order valence-electron chi connectivity index (χ3n) is 3.91. The van der Waals surface area contributed by atoms with Crippen LogP contribution in [-0.4, -0.2) is 40.2 Å². The Balaban J connectivity index is 2.21. The first-order chi connectivity index (χ1) is 12.7. The van der Waals surface area contributed by atoms with E-state index in [1.165, 1.54) is 56.6 Å². The third-order valence-corrected chi connectivity index (χ3v) is 6.02. The molecule has 0 bridgehead atoms. The summed E-state index contributed by atoms with van der Waals surface area (Å²) in [6.07, 6.45) is 0. The van der Waals surface area contributed by atoms with Crippen LogP contribution in [0.1, 0.15) is 27.6 Å². The van der Waals surface area contributed by atoms with Crippen LogP contribution in [0.2, 0.25) is 5.02 Å². The van der Waals surface area contributed by atoms with E-state index >= 15 is 0 Å². The molecule has 144 valence electrons. The summed E-state index contributed by atoms with van der Waals surface area (Å²) in [4.78, 5) is 24.0. The highest BCUT2D eigenvalue weighted by atomic mass is 35.5. The standard InChI is InChI=1S/C18H19ClN2O5S/c1-4-27(24,25)21(2)14-8-5-12(6-9-14)17(22)20-16-11-13(18(23)26-3)7-10-15(16)19/h5-11H,4H2,1-3H3,(H,20,22). The minimum absolute atomic E-state index is 0.0270. The first-order valence-corrected chi connectivity index (χ1v) is 9.94. The van der Waals surface area contributed by atoms with Crippen molar-refractivity contribution >= 4 is 44.9 Å². The zero-order valence-electron chi connectivity index (χ0n) is 15.0. The Hall–Kier alpha value is -2.58. The van der Waals surface area contributed by atoms with Crippen molar-refractivity contribution in [3.63, 3.8) is 0 Å². The number of hydrogen-bond donors (Lipinski definition) is 1. The highest BCUT2D eigenvalue weighted by Gasteiger charge is 2.17. The number of hydrogen-bond acceptors (Lipinski definition) is 5. The second-order valence-electron chi connectivity index (χ2n) is 5.56. The molecule has 0 aliphatic heterocycles. The summed E-state index contributed by atoms with van der Waals surface area (Å²) < 4.78 is 29.6. The van der Waals surface area contributed by atoms with Gasteiger partial charge in [-0.3, -0.25) is 9.10 Å². The minimum atomic E-state index is -3.38. The Morgan fingerprint density at radius 3 is 2.26 bits per heavy atom. The molecule has 2 rings (SSSR count). The molecule has 0 spiro atoms. The molecule has 0 atom stereocenters. The highest BCUT2D eigenvalue weighted by Crippen LogP contribution is 2.25. The topological polar surface area (TPSA) is 92.8 Å². The second kappa shape index (κ2) is 8.41. The van der Waals surface area contributed by atoms with E-state index in [2.05, 4.69) is 10.1 Å². The molecule has 0 unspecified atom stereocenters. The van der Waals surface area contributed by atoms with E-state index in [9.17, 15) is 18.0 Å². The first-order valence-electron chi connectivity index (χ1n) is 7.95. The van der Waals surface area contributed by atoms with Crippen molar-refractivity contribution in [2.24, 2.45) is 0 Å². The van der Waals surface area contributed by atoms with Crippen molar-refractivity contribution in [2.75, 3.05) is 29.5 Å². The van der Waals surface area contributed by atoms with Crippen LogP contribution in [0.4, 0.5) is 11.4 Å².